The number of hydrogen-bond donors (Lipinski definition) is 2. The third-order valence-corrected chi connectivity index (χ3v) is 3.42. The van der Waals surface area contributed by atoms with Crippen LogP contribution in [0, 0.1) is 3.57 Å². The zero-order chi connectivity index (χ0) is 14.0. The maximum Gasteiger partial charge on any atom is 0.261 e. The van der Waals surface area contributed by atoms with Gasteiger partial charge in [0, 0.05) is 22.0 Å². The van der Waals surface area contributed by atoms with Crippen molar-refractivity contribution in [2.75, 3.05) is 17.7 Å². The summed E-state index contributed by atoms with van der Waals surface area (Å²) in [6, 6.07) is 12.0. The van der Waals surface area contributed by atoms with E-state index < -0.39 is 0 Å². The molecule has 0 heterocycles. The van der Waals surface area contributed by atoms with Gasteiger partial charge in [-0.2, -0.15) is 0 Å². The first-order valence-electron chi connectivity index (χ1n) is 5.61. The fourth-order valence-electron chi connectivity index (χ4n) is 1.71. The van der Waals surface area contributed by atoms with E-state index in [4.69, 9.17) is 5.73 Å². The second-order valence-electron chi connectivity index (χ2n) is 4.12. The summed E-state index contributed by atoms with van der Waals surface area (Å²) in [5, 5.41) is 9.78. The van der Waals surface area contributed by atoms with Gasteiger partial charge in [0.15, 0.2) is 0 Å². The number of anilines is 2. The lowest BCUT2D eigenvalue weighted by Crippen LogP contribution is -2.26. The topological polar surface area (TPSA) is 66.6 Å². The molecule has 0 aromatic heterocycles. The van der Waals surface area contributed by atoms with E-state index >= 15 is 0 Å². The van der Waals surface area contributed by atoms with E-state index in [-0.39, 0.29) is 17.2 Å². The smallest absolute Gasteiger partial charge is 0.261 e. The highest BCUT2D eigenvalue weighted by Crippen LogP contribution is 2.24. The SMILES string of the molecule is CN(C(=O)c1cc(I)ccc1O)c1cccc(N)c1. The maximum absolute atomic E-state index is 12.4. The Morgan fingerprint density at radius 3 is 2.68 bits per heavy atom. The summed E-state index contributed by atoms with van der Waals surface area (Å²) in [6.07, 6.45) is 0. The van der Waals surface area contributed by atoms with Crippen molar-refractivity contribution in [3.63, 3.8) is 0 Å². The van der Waals surface area contributed by atoms with E-state index in [9.17, 15) is 9.90 Å². The maximum atomic E-state index is 12.4. The normalized spacial score (nSPS) is 10.2. The molecular weight excluding hydrogens is 355 g/mol. The molecule has 0 aliphatic carbocycles. The van der Waals surface area contributed by atoms with Gasteiger partial charge in [-0.15, -0.1) is 0 Å². The number of aromatic hydroxyl groups is 1. The van der Waals surface area contributed by atoms with Gasteiger partial charge < -0.3 is 15.7 Å². The van der Waals surface area contributed by atoms with Crippen LogP contribution in [-0.2, 0) is 0 Å². The van der Waals surface area contributed by atoms with Crippen LogP contribution in [0.4, 0.5) is 11.4 Å². The molecule has 5 heteroatoms. The zero-order valence-corrected chi connectivity index (χ0v) is 12.5. The minimum absolute atomic E-state index is 0.0267. The molecule has 0 saturated heterocycles. The van der Waals surface area contributed by atoms with E-state index in [1.54, 1.807) is 43.4 Å². The summed E-state index contributed by atoms with van der Waals surface area (Å²) in [7, 11) is 1.65. The lowest BCUT2D eigenvalue weighted by Gasteiger charge is -2.18. The molecule has 0 fully saturated rings. The Kier molecular flexibility index (Phi) is 3.94. The summed E-state index contributed by atoms with van der Waals surface area (Å²) in [5.41, 5.74) is 7.25. The fourth-order valence-corrected chi connectivity index (χ4v) is 2.20. The van der Waals surface area contributed by atoms with Crippen molar-refractivity contribution < 1.29 is 9.90 Å². The number of phenolic OH excluding ortho intramolecular Hbond substituents is 1. The van der Waals surface area contributed by atoms with Crippen molar-refractivity contribution in [2.24, 2.45) is 0 Å². The molecule has 0 aliphatic rings. The Balaban J connectivity index is 2.36. The molecule has 0 aliphatic heterocycles. The number of amides is 1. The van der Waals surface area contributed by atoms with Gasteiger partial charge in [0.05, 0.1) is 5.56 Å². The number of phenols is 1. The van der Waals surface area contributed by atoms with Crippen LogP contribution in [0.25, 0.3) is 0 Å². The molecule has 0 radical (unpaired) electrons. The van der Waals surface area contributed by atoms with Gasteiger partial charge in [0.2, 0.25) is 0 Å². The van der Waals surface area contributed by atoms with E-state index in [1.807, 2.05) is 0 Å². The summed E-state index contributed by atoms with van der Waals surface area (Å²) in [5.74, 6) is -0.303. The average molecular weight is 368 g/mol. The Morgan fingerprint density at radius 2 is 2.00 bits per heavy atom. The molecule has 2 aromatic carbocycles. The number of nitrogens with two attached hydrogens (primary N) is 1. The molecule has 2 aromatic rings. The van der Waals surface area contributed by atoms with Crippen LogP contribution in [0.15, 0.2) is 42.5 Å². The molecule has 4 nitrogen and oxygen atoms in total. The number of rotatable bonds is 2. The number of benzene rings is 2. The number of nitrogens with zero attached hydrogens (tertiary/aromatic N) is 1. The molecule has 2 rings (SSSR count). The first-order chi connectivity index (χ1) is 8.99. The van der Waals surface area contributed by atoms with Crippen LogP contribution in [0.2, 0.25) is 0 Å². The highest BCUT2D eigenvalue weighted by atomic mass is 127. The Hall–Kier alpha value is -1.76. The monoisotopic (exact) mass is 368 g/mol. The molecule has 0 bridgehead atoms. The van der Waals surface area contributed by atoms with Crippen molar-refractivity contribution in [3.05, 3.63) is 51.6 Å². The predicted molar refractivity (Wildman–Crippen MR) is 84.4 cm³/mol. The van der Waals surface area contributed by atoms with Crippen LogP contribution < -0.4 is 10.6 Å². The van der Waals surface area contributed by atoms with Crippen molar-refractivity contribution in [2.45, 2.75) is 0 Å². The van der Waals surface area contributed by atoms with Crippen LogP contribution in [0.1, 0.15) is 10.4 Å². The number of halogens is 1. The predicted octanol–water partition coefficient (Wildman–Crippen LogP) is 2.86. The molecule has 0 unspecified atom stereocenters. The first kappa shape index (κ1) is 13.7. The highest BCUT2D eigenvalue weighted by Gasteiger charge is 2.17. The second kappa shape index (κ2) is 5.48. The van der Waals surface area contributed by atoms with Gasteiger partial charge in [0.25, 0.3) is 5.91 Å². The van der Waals surface area contributed by atoms with Crippen LogP contribution in [-0.4, -0.2) is 18.1 Å². The molecular formula is C14H13IN2O2. The Labute approximate surface area is 125 Å². The Bertz CT molecular complexity index is 629. The standard InChI is InChI=1S/C14H13IN2O2/c1-17(11-4-2-3-10(16)8-11)14(19)12-7-9(15)5-6-13(12)18/h2-8,18H,16H2,1H3. The highest BCUT2D eigenvalue weighted by molar-refractivity contribution is 14.1. The molecule has 0 saturated carbocycles. The first-order valence-corrected chi connectivity index (χ1v) is 6.69. The van der Waals surface area contributed by atoms with Gasteiger partial charge >= 0.3 is 0 Å². The Morgan fingerprint density at radius 1 is 1.26 bits per heavy atom. The van der Waals surface area contributed by atoms with E-state index in [0.29, 0.717) is 11.4 Å². The molecule has 0 atom stereocenters. The third-order valence-electron chi connectivity index (χ3n) is 2.75. The quantitative estimate of drug-likeness (QED) is 0.633. The van der Waals surface area contributed by atoms with E-state index in [0.717, 1.165) is 3.57 Å². The number of hydrogen-bond acceptors (Lipinski definition) is 3. The fraction of sp³-hybridized carbons (Fsp3) is 0.0714. The van der Waals surface area contributed by atoms with Crippen LogP contribution in [0.3, 0.4) is 0 Å². The molecule has 98 valence electrons. The van der Waals surface area contributed by atoms with Crippen molar-refractivity contribution in [1.29, 1.82) is 0 Å². The molecule has 0 spiro atoms. The summed E-state index contributed by atoms with van der Waals surface area (Å²) in [4.78, 5) is 13.8. The third kappa shape index (κ3) is 2.98. The molecule has 1 amide bonds. The number of carbonyl (C=O) groups excluding carboxylic acids is 1. The van der Waals surface area contributed by atoms with E-state index in [2.05, 4.69) is 22.6 Å². The van der Waals surface area contributed by atoms with Crippen molar-refractivity contribution >= 4 is 39.9 Å². The van der Waals surface area contributed by atoms with Gasteiger partial charge in [0.1, 0.15) is 5.75 Å². The zero-order valence-electron chi connectivity index (χ0n) is 10.3. The lowest BCUT2D eigenvalue weighted by molar-refractivity contribution is 0.0990. The van der Waals surface area contributed by atoms with Crippen molar-refractivity contribution in [3.8, 4) is 5.75 Å². The summed E-state index contributed by atoms with van der Waals surface area (Å²) in [6.45, 7) is 0. The average Bonchev–Trinajstić information content (AvgIpc) is 2.40. The largest absolute Gasteiger partial charge is 0.507 e. The minimum atomic E-state index is -0.276. The summed E-state index contributed by atoms with van der Waals surface area (Å²) < 4.78 is 0.889. The van der Waals surface area contributed by atoms with Crippen LogP contribution >= 0.6 is 22.6 Å². The van der Waals surface area contributed by atoms with E-state index in [1.165, 1.54) is 11.0 Å². The lowest BCUT2D eigenvalue weighted by atomic mass is 10.1. The van der Waals surface area contributed by atoms with Crippen LogP contribution in [0.5, 0.6) is 5.75 Å². The second-order valence-corrected chi connectivity index (χ2v) is 5.37. The molecule has 3 N–H and O–H groups in total. The van der Waals surface area contributed by atoms with Gasteiger partial charge in [-0.1, -0.05) is 6.07 Å². The molecule has 19 heavy (non-hydrogen) atoms. The van der Waals surface area contributed by atoms with Crippen molar-refractivity contribution in [1.82, 2.24) is 0 Å². The number of carbonyl (C=O) groups is 1. The van der Waals surface area contributed by atoms with Gasteiger partial charge in [-0.3, -0.25) is 4.79 Å². The minimum Gasteiger partial charge on any atom is -0.507 e. The van der Waals surface area contributed by atoms with Gasteiger partial charge in [-0.25, -0.2) is 0 Å². The number of nitrogen functional groups attached to an aromatic ring is 1. The van der Waals surface area contributed by atoms with Gasteiger partial charge in [-0.05, 0) is 59.0 Å². The summed E-state index contributed by atoms with van der Waals surface area (Å²) >= 11 is 2.10.